The van der Waals surface area contributed by atoms with Crippen LogP contribution in [0.5, 0.6) is 5.75 Å². The summed E-state index contributed by atoms with van der Waals surface area (Å²) in [6.07, 6.45) is 0. The van der Waals surface area contributed by atoms with E-state index in [1.165, 1.54) is 0 Å². The van der Waals surface area contributed by atoms with E-state index < -0.39 is 0 Å². The number of nitrogens with one attached hydrogen (secondary N) is 1. The largest absolute Gasteiger partial charge is 0.495 e. The fourth-order valence-corrected chi connectivity index (χ4v) is 2.40. The van der Waals surface area contributed by atoms with E-state index in [1.807, 2.05) is 50.2 Å². The van der Waals surface area contributed by atoms with Crippen molar-refractivity contribution < 1.29 is 9.53 Å². The number of benzene rings is 2. The van der Waals surface area contributed by atoms with Crippen molar-refractivity contribution in [3.05, 3.63) is 57.6 Å². The molecule has 0 radical (unpaired) electrons. The lowest BCUT2D eigenvalue weighted by Gasteiger charge is -2.12. The fraction of sp³-hybridized carbons (Fsp3) is 0.188. The number of rotatable bonds is 3. The van der Waals surface area contributed by atoms with Crippen LogP contribution in [0.25, 0.3) is 0 Å². The molecule has 0 aliphatic heterocycles. The Labute approximate surface area is 127 Å². The van der Waals surface area contributed by atoms with E-state index in [2.05, 4.69) is 21.2 Å². The molecule has 2 aromatic rings. The van der Waals surface area contributed by atoms with E-state index in [0.717, 1.165) is 15.6 Å². The minimum atomic E-state index is -0.140. The molecule has 1 amide bonds. The number of hydrogen-bond acceptors (Lipinski definition) is 2. The molecule has 0 unspecified atom stereocenters. The maximum Gasteiger partial charge on any atom is 0.256 e. The second-order valence-electron chi connectivity index (χ2n) is 4.62. The monoisotopic (exact) mass is 333 g/mol. The SMILES string of the molecule is COc1ccc(Br)cc1NC(=O)c1ccc(C)cc1C. The number of anilines is 1. The molecule has 0 atom stereocenters. The molecule has 0 fully saturated rings. The van der Waals surface area contributed by atoms with Crippen LogP contribution in [0.4, 0.5) is 5.69 Å². The van der Waals surface area contributed by atoms with Gasteiger partial charge < -0.3 is 10.1 Å². The standard InChI is InChI=1S/C16H16BrNO2/c1-10-4-6-13(11(2)8-10)16(19)18-14-9-12(17)5-7-15(14)20-3/h4-9H,1-3H3,(H,18,19). The van der Waals surface area contributed by atoms with E-state index in [9.17, 15) is 4.79 Å². The van der Waals surface area contributed by atoms with Crippen molar-refractivity contribution in [3.8, 4) is 5.75 Å². The van der Waals surface area contributed by atoms with Crippen LogP contribution in [0, 0.1) is 13.8 Å². The number of ether oxygens (including phenoxy) is 1. The summed E-state index contributed by atoms with van der Waals surface area (Å²) in [6, 6.07) is 11.3. The number of carbonyl (C=O) groups excluding carboxylic acids is 1. The fourth-order valence-electron chi connectivity index (χ4n) is 2.04. The average Bonchev–Trinajstić information content (AvgIpc) is 2.38. The molecule has 0 aliphatic carbocycles. The summed E-state index contributed by atoms with van der Waals surface area (Å²) in [6.45, 7) is 3.94. The first-order valence-corrected chi connectivity index (χ1v) is 7.02. The van der Waals surface area contributed by atoms with Gasteiger partial charge in [0.05, 0.1) is 12.8 Å². The Morgan fingerprint density at radius 1 is 1.15 bits per heavy atom. The van der Waals surface area contributed by atoms with Gasteiger partial charge in [0.1, 0.15) is 5.75 Å². The van der Waals surface area contributed by atoms with Gasteiger partial charge in [0.25, 0.3) is 5.91 Å². The Morgan fingerprint density at radius 2 is 1.90 bits per heavy atom. The van der Waals surface area contributed by atoms with Gasteiger partial charge in [0.15, 0.2) is 0 Å². The zero-order valence-corrected chi connectivity index (χ0v) is 13.2. The van der Waals surface area contributed by atoms with E-state index >= 15 is 0 Å². The highest BCUT2D eigenvalue weighted by Crippen LogP contribution is 2.28. The van der Waals surface area contributed by atoms with Crippen LogP contribution in [0.2, 0.25) is 0 Å². The number of hydrogen-bond donors (Lipinski definition) is 1. The van der Waals surface area contributed by atoms with E-state index in [4.69, 9.17) is 4.74 Å². The topological polar surface area (TPSA) is 38.3 Å². The first-order valence-electron chi connectivity index (χ1n) is 6.23. The van der Waals surface area contributed by atoms with Gasteiger partial charge >= 0.3 is 0 Å². The first kappa shape index (κ1) is 14.6. The number of methoxy groups -OCH3 is 1. The zero-order chi connectivity index (χ0) is 14.7. The molecule has 0 aromatic heterocycles. The molecule has 4 heteroatoms. The molecule has 0 saturated carbocycles. The van der Waals surface area contributed by atoms with Gasteiger partial charge in [-0.3, -0.25) is 4.79 Å². The third-order valence-electron chi connectivity index (χ3n) is 3.04. The van der Waals surface area contributed by atoms with Crippen molar-refractivity contribution in [2.24, 2.45) is 0 Å². The van der Waals surface area contributed by atoms with Crippen molar-refractivity contribution in [1.29, 1.82) is 0 Å². The lowest BCUT2D eigenvalue weighted by Crippen LogP contribution is -2.14. The van der Waals surface area contributed by atoms with Crippen molar-refractivity contribution in [2.75, 3.05) is 12.4 Å². The van der Waals surface area contributed by atoms with Crippen LogP contribution in [0.3, 0.4) is 0 Å². The van der Waals surface area contributed by atoms with Crippen molar-refractivity contribution >= 4 is 27.5 Å². The Balaban J connectivity index is 2.30. The summed E-state index contributed by atoms with van der Waals surface area (Å²) in [5, 5.41) is 2.88. The molecular weight excluding hydrogens is 318 g/mol. The van der Waals surface area contributed by atoms with E-state index in [0.29, 0.717) is 17.0 Å². The molecule has 0 spiro atoms. The molecule has 0 bridgehead atoms. The minimum Gasteiger partial charge on any atom is -0.495 e. The predicted octanol–water partition coefficient (Wildman–Crippen LogP) is 4.33. The Bertz CT molecular complexity index is 653. The number of aryl methyl sites for hydroxylation is 2. The summed E-state index contributed by atoms with van der Waals surface area (Å²) >= 11 is 3.39. The predicted molar refractivity (Wildman–Crippen MR) is 84.6 cm³/mol. The molecule has 3 nitrogen and oxygen atoms in total. The van der Waals surface area contributed by atoms with Crippen LogP contribution in [0.1, 0.15) is 21.5 Å². The summed E-state index contributed by atoms with van der Waals surface area (Å²) in [5.41, 5.74) is 3.40. The van der Waals surface area contributed by atoms with Crippen LogP contribution in [0.15, 0.2) is 40.9 Å². The molecule has 0 aliphatic rings. The Morgan fingerprint density at radius 3 is 2.55 bits per heavy atom. The van der Waals surface area contributed by atoms with Gasteiger partial charge in [-0.25, -0.2) is 0 Å². The highest BCUT2D eigenvalue weighted by atomic mass is 79.9. The third-order valence-corrected chi connectivity index (χ3v) is 3.53. The maximum atomic E-state index is 12.3. The first-order chi connectivity index (χ1) is 9.51. The van der Waals surface area contributed by atoms with Crippen molar-refractivity contribution in [2.45, 2.75) is 13.8 Å². The summed E-state index contributed by atoms with van der Waals surface area (Å²) in [7, 11) is 1.58. The second kappa shape index (κ2) is 6.09. The highest BCUT2D eigenvalue weighted by molar-refractivity contribution is 9.10. The van der Waals surface area contributed by atoms with Crippen LogP contribution in [-0.2, 0) is 0 Å². The molecule has 0 heterocycles. The molecule has 104 valence electrons. The molecule has 20 heavy (non-hydrogen) atoms. The van der Waals surface area contributed by atoms with Crippen molar-refractivity contribution in [1.82, 2.24) is 0 Å². The van der Waals surface area contributed by atoms with Gasteiger partial charge in [0, 0.05) is 10.0 Å². The summed E-state index contributed by atoms with van der Waals surface area (Å²) in [4.78, 5) is 12.3. The normalized spacial score (nSPS) is 10.2. The lowest BCUT2D eigenvalue weighted by molar-refractivity contribution is 0.102. The molecule has 2 aromatic carbocycles. The van der Waals surface area contributed by atoms with Crippen LogP contribution < -0.4 is 10.1 Å². The molecule has 0 saturated heterocycles. The van der Waals surface area contributed by atoms with Crippen molar-refractivity contribution in [3.63, 3.8) is 0 Å². The van der Waals surface area contributed by atoms with Crippen LogP contribution in [-0.4, -0.2) is 13.0 Å². The number of carbonyl (C=O) groups is 1. The van der Waals surface area contributed by atoms with Gasteiger partial charge in [0.2, 0.25) is 0 Å². The smallest absolute Gasteiger partial charge is 0.256 e. The maximum absolute atomic E-state index is 12.3. The third kappa shape index (κ3) is 3.20. The van der Waals surface area contributed by atoms with Gasteiger partial charge in [-0.2, -0.15) is 0 Å². The molecular formula is C16H16BrNO2. The quantitative estimate of drug-likeness (QED) is 0.907. The second-order valence-corrected chi connectivity index (χ2v) is 5.53. The van der Waals surface area contributed by atoms with Gasteiger partial charge in [-0.1, -0.05) is 33.6 Å². The summed E-state index contributed by atoms with van der Waals surface area (Å²) in [5.74, 6) is 0.491. The Kier molecular flexibility index (Phi) is 4.45. The average molecular weight is 334 g/mol. The Hall–Kier alpha value is -1.81. The zero-order valence-electron chi connectivity index (χ0n) is 11.7. The van der Waals surface area contributed by atoms with E-state index in [1.54, 1.807) is 7.11 Å². The number of halogens is 1. The molecule has 2 rings (SSSR count). The highest BCUT2D eigenvalue weighted by Gasteiger charge is 2.12. The number of amides is 1. The van der Waals surface area contributed by atoms with Gasteiger partial charge in [-0.15, -0.1) is 0 Å². The minimum absolute atomic E-state index is 0.140. The molecule has 1 N–H and O–H groups in total. The van der Waals surface area contributed by atoms with Gasteiger partial charge in [-0.05, 0) is 43.7 Å². The lowest BCUT2D eigenvalue weighted by atomic mass is 10.1. The van der Waals surface area contributed by atoms with Crippen LogP contribution >= 0.6 is 15.9 Å². The van der Waals surface area contributed by atoms with E-state index in [-0.39, 0.29) is 5.91 Å². The summed E-state index contributed by atoms with van der Waals surface area (Å²) < 4.78 is 6.13.